The second-order valence-electron chi connectivity index (χ2n) is 4.12. The fourth-order valence-electron chi connectivity index (χ4n) is 1.72. The van der Waals surface area contributed by atoms with Crippen LogP contribution in [0.4, 0.5) is 0 Å². The highest BCUT2D eigenvalue weighted by atomic mass is 32.1. The number of rotatable bonds is 3. The van der Waals surface area contributed by atoms with Gasteiger partial charge in [-0.05, 0) is 37.1 Å². The zero-order valence-electron chi connectivity index (χ0n) is 10.7. The largest absolute Gasteiger partial charge is 0.496 e. The summed E-state index contributed by atoms with van der Waals surface area (Å²) in [5.41, 5.74) is 4.22. The van der Waals surface area contributed by atoms with Crippen molar-refractivity contribution in [2.45, 2.75) is 20.3 Å². The molecule has 0 unspecified atom stereocenters. The molecule has 4 heteroatoms. The number of hydrogen-bond acceptors (Lipinski definition) is 4. The van der Waals surface area contributed by atoms with Crippen LogP contribution in [-0.4, -0.2) is 12.1 Å². The zero-order chi connectivity index (χ0) is 13.1. The average molecular weight is 258 g/mol. The van der Waals surface area contributed by atoms with E-state index < -0.39 is 0 Å². The molecule has 0 aliphatic rings. The highest BCUT2D eigenvalue weighted by molar-refractivity contribution is 7.13. The number of nitrogens with zero attached hydrogens (tertiary/aromatic N) is 2. The van der Waals surface area contributed by atoms with E-state index in [1.807, 2.05) is 11.4 Å². The Kier molecular flexibility index (Phi) is 3.63. The minimum Gasteiger partial charge on any atom is -0.496 e. The minimum absolute atomic E-state index is 0.351. The molecule has 2 rings (SSSR count). The Bertz CT molecular complexity index is 611. The first-order chi connectivity index (χ1) is 8.65. The van der Waals surface area contributed by atoms with Gasteiger partial charge in [0.25, 0.3) is 0 Å². The van der Waals surface area contributed by atoms with Gasteiger partial charge < -0.3 is 4.74 Å². The van der Waals surface area contributed by atoms with Gasteiger partial charge in [0.05, 0.1) is 30.9 Å². The number of nitriles is 1. The molecule has 0 aliphatic carbocycles. The maximum Gasteiger partial charge on any atom is 0.129 e. The van der Waals surface area contributed by atoms with Crippen LogP contribution in [-0.2, 0) is 6.42 Å². The minimum atomic E-state index is 0.351. The number of ether oxygens (including phenoxy) is 1. The zero-order valence-corrected chi connectivity index (χ0v) is 11.5. The SMILES string of the molecule is COc1cc(C)c(C)cc1-c1nc(CC#N)cs1. The molecule has 0 radical (unpaired) electrons. The van der Waals surface area contributed by atoms with Crippen LogP contribution in [0, 0.1) is 25.2 Å². The van der Waals surface area contributed by atoms with Crippen LogP contribution in [0.3, 0.4) is 0 Å². The van der Waals surface area contributed by atoms with Crippen molar-refractivity contribution < 1.29 is 4.74 Å². The molecule has 0 atom stereocenters. The Morgan fingerprint density at radius 1 is 1.33 bits per heavy atom. The van der Waals surface area contributed by atoms with Crippen molar-refractivity contribution in [3.05, 3.63) is 34.3 Å². The van der Waals surface area contributed by atoms with Gasteiger partial charge in [0.15, 0.2) is 0 Å². The normalized spacial score (nSPS) is 10.1. The van der Waals surface area contributed by atoms with Crippen molar-refractivity contribution >= 4 is 11.3 Å². The summed E-state index contributed by atoms with van der Waals surface area (Å²) in [6.07, 6.45) is 0.351. The van der Waals surface area contributed by atoms with Crippen molar-refractivity contribution in [2.24, 2.45) is 0 Å². The van der Waals surface area contributed by atoms with Crippen LogP contribution in [0.1, 0.15) is 16.8 Å². The first kappa shape index (κ1) is 12.6. The van der Waals surface area contributed by atoms with Crippen LogP contribution < -0.4 is 4.74 Å². The Hall–Kier alpha value is -1.86. The van der Waals surface area contributed by atoms with Gasteiger partial charge in [-0.2, -0.15) is 5.26 Å². The predicted molar refractivity (Wildman–Crippen MR) is 72.9 cm³/mol. The molecular weight excluding hydrogens is 244 g/mol. The molecule has 1 aromatic carbocycles. The second-order valence-corrected chi connectivity index (χ2v) is 4.97. The summed E-state index contributed by atoms with van der Waals surface area (Å²) in [6.45, 7) is 4.13. The Morgan fingerprint density at radius 3 is 2.72 bits per heavy atom. The average Bonchev–Trinajstić information content (AvgIpc) is 2.81. The number of benzene rings is 1. The standard InChI is InChI=1S/C14H14N2OS/c1-9-6-12(13(17-3)7-10(9)2)14-16-11(4-5-15)8-18-14/h6-8H,4H2,1-3H3. The van der Waals surface area contributed by atoms with Crippen LogP contribution in [0.5, 0.6) is 5.75 Å². The highest BCUT2D eigenvalue weighted by Crippen LogP contribution is 2.34. The third kappa shape index (κ3) is 2.36. The number of hydrogen-bond donors (Lipinski definition) is 0. The van der Waals surface area contributed by atoms with Crippen LogP contribution in [0.2, 0.25) is 0 Å². The van der Waals surface area contributed by atoms with E-state index in [0.717, 1.165) is 22.0 Å². The van der Waals surface area contributed by atoms with Crippen molar-refractivity contribution in [3.63, 3.8) is 0 Å². The first-order valence-electron chi connectivity index (χ1n) is 5.62. The number of aromatic nitrogens is 1. The molecule has 1 aromatic heterocycles. The smallest absolute Gasteiger partial charge is 0.129 e. The first-order valence-corrected chi connectivity index (χ1v) is 6.50. The van der Waals surface area contributed by atoms with E-state index in [1.54, 1.807) is 18.4 Å². The predicted octanol–water partition coefficient (Wildman–Crippen LogP) is 3.50. The summed E-state index contributed by atoms with van der Waals surface area (Å²) in [5.74, 6) is 0.830. The quantitative estimate of drug-likeness (QED) is 0.846. The molecule has 18 heavy (non-hydrogen) atoms. The molecule has 2 aromatic rings. The lowest BCUT2D eigenvalue weighted by molar-refractivity contribution is 0.416. The lowest BCUT2D eigenvalue weighted by Crippen LogP contribution is -1.92. The lowest BCUT2D eigenvalue weighted by Gasteiger charge is -2.09. The molecule has 0 fully saturated rings. The molecule has 92 valence electrons. The molecule has 1 heterocycles. The third-order valence-electron chi connectivity index (χ3n) is 2.86. The van der Waals surface area contributed by atoms with Gasteiger partial charge in [0.1, 0.15) is 10.8 Å². The molecule has 0 N–H and O–H groups in total. The summed E-state index contributed by atoms with van der Waals surface area (Å²) < 4.78 is 5.41. The van der Waals surface area contributed by atoms with Crippen molar-refractivity contribution in [1.29, 1.82) is 5.26 Å². The fourth-order valence-corrected chi connectivity index (χ4v) is 2.56. The molecular formula is C14H14N2OS. The van der Waals surface area contributed by atoms with E-state index >= 15 is 0 Å². The van der Waals surface area contributed by atoms with Gasteiger partial charge in [-0.25, -0.2) is 4.98 Å². The summed E-state index contributed by atoms with van der Waals surface area (Å²) in [7, 11) is 1.66. The van der Waals surface area contributed by atoms with Crippen molar-refractivity contribution in [2.75, 3.05) is 7.11 Å². The Morgan fingerprint density at radius 2 is 2.06 bits per heavy atom. The summed E-state index contributed by atoms with van der Waals surface area (Å²) in [5, 5.41) is 11.5. The van der Waals surface area contributed by atoms with Gasteiger partial charge in [0.2, 0.25) is 0 Å². The van der Waals surface area contributed by atoms with Gasteiger partial charge in [0, 0.05) is 5.38 Å². The fraction of sp³-hybridized carbons (Fsp3) is 0.286. The Balaban J connectivity index is 2.49. The Labute approximate surface area is 111 Å². The molecule has 3 nitrogen and oxygen atoms in total. The van der Waals surface area contributed by atoms with Gasteiger partial charge in [-0.3, -0.25) is 0 Å². The summed E-state index contributed by atoms with van der Waals surface area (Å²) >= 11 is 1.54. The van der Waals surface area contributed by atoms with Gasteiger partial charge in [-0.15, -0.1) is 11.3 Å². The summed E-state index contributed by atoms with van der Waals surface area (Å²) in [6, 6.07) is 6.22. The van der Waals surface area contributed by atoms with E-state index in [1.165, 1.54) is 11.1 Å². The highest BCUT2D eigenvalue weighted by Gasteiger charge is 2.12. The molecule has 0 saturated carbocycles. The molecule has 0 amide bonds. The van der Waals surface area contributed by atoms with E-state index in [-0.39, 0.29) is 0 Å². The summed E-state index contributed by atoms with van der Waals surface area (Å²) in [4.78, 5) is 4.47. The van der Waals surface area contributed by atoms with Crippen LogP contribution in [0.25, 0.3) is 10.6 Å². The third-order valence-corrected chi connectivity index (χ3v) is 3.78. The van der Waals surface area contributed by atoms with Crippen LogP contribution >= 0.6 is 11.3 Å². The molecule has 0 aliphatic heterocycles. The number of thiazole rings is 1. The maximum absolute atomic E-state index is 8.67. The molecule has 0 spiro atoms. The van der Waals surface area contributed by atoms with Crippen LogP contribution in [0.15, 0.2) is 17.5 Å². The van der Waals surface area contributed by atoms with E-state index in [9.17, 15) is 0 Å². The van der Waals surface area contributed by atoms with E-state index in [2.05, 4.69) is 31.0 Å². The van der Waals surface area contributed by atoms with Crippen molar-refractivity contribution in [3.8, 4) is 22.4 Å². The maximum atomic E-state index is 8.67. The monoisotopic (exact) mass is 258 g/mol. The molecule has 0 saturated heterocycles. The van der Waals surface area contributed by atoms with E-state index in [4.69, 9.17) is 10.00 Å². The number of methoxy groups -OCH3 is 1. The second kappa shape index (κ2) is 5.19. The van der Waals surface area contributed by atoms with E-state index in [0.29, 0.717) is 6.42 Å². The van der Waals surface area contributed by atoms with Gasteiger partial charge >= 0.3 is 0 Å². The van der Waals surface area contributed by atoms with Crippen molar-refractivity contribution in [1.82, 2.24) is 4.98 Å². The van der Waals surface area contributed by atoms with Gasteiger partial charge in [-0.1, -0.05) is 0 Å². The molecule has 0 bridgehead atoms. The number of aryl methyl sites for hydroxylation is 2. The lowest BCUT2D eigenvalue weighted by atomic mass is 10.1. The topological polar surface area (TPSA) is 45.9 Å².